The van der Waals surface area contributed by atoms with Gasteiger partial charge in [-0.25, -0.2) is 0 Å². The number of aromatic nitrogens is 4. The number of rotatable bonds is 6. The average Bonchev–Trinajstić information content (AvgIpc) is 3.03. The maximum Gasteiger partial charge on any atom is 0.249 e. The van der Waals surface area contributed by atoms with Crippen molar-refractivity contribution >= 4 is 18.3 Å². The highest BCUT2D eigenvalue weighted by Crippen LogP contribution is 2.39. The molecule has 1 aliphatic heterocycles. The van der Waals surface area contributed by atoms with Crippen LogP contribution in [0.4, 0.5) is 0 Å². The summed E-state index contributed by atoms with van der Waals surface area (Å²) in [5.74, 6) is 1.90. The molecule has 1 unspecified atom stereocenters. The van der Waals surface area contributed by atoms with E-state index in [1.807, 2.05) is 19.4 Å². The summed E-state index contributed by atoms with van der Waals surface area (Å²) in [4.78, 5) is 17.5. The predicted octanol–water partition coefficient (Wildman–Crippen LogP) is 1.92. The van der Waals surface area contributed by atoms with E-state index in [-0.39, 0.29) is 42.1 Å². The fourth-order valence-electron chi connectivity index (χ4n) is 3.59. The van der Waals surface area contributed by atoms with E-state index in [0.717, 1.165) is 30.8 Å². The van der Waals surface area contributed by atoms with Crippen LogP contribution in [-0.2, 0) is 11.8 Å². The molecule has 27 heavy (non-hydrogen) atoms. The van der Waals surface area contributed by atoms with Gasteiger partial charge in [0.05, 0.1) is 12.1 Å². The van der Waals surface area contributed by atoms with Crippen LogP contribution in [-0.4, -0.2) is 38.9 Å². The lowest BCUT2D eigenvalue weighted by molar-refractivity contribution is -0.126. The Hall–Kier alpha value is -1.93. The molecule has 4 rings (SSSR count). The lowest BCUT2D eigenvalue weighted by atomic mass is 9.89. The Morgan fingerprint density at radius 1 is 1.37 bits per heavy atom. The van der Waals surface area contributed by atoms with Gasteiger partial charge in [-0.3, -0.25) is 9.48 Å². The third-order valence-corrected chi connectivity index (χ3v) is 5.33. The van der Waals surface area contributed by atoms with E-state index in [1.54, 1.807) is 4.68 Å². The van der Waals surface area contributed by atoms with Gasteiger partial charge in [-0.15, -0.1) is 12.4 Å². The van der Waals surface area contributed by atoms with Crippen molar-refractivity contribution in [1.82, 2.24) is 30.6 Å². The van der Waals surface area contributed by atoms with Gasteiger partial charge in [0.2, 0.25) is 11.8 Å². The van der Waals surface area contributed by atoms with Crippen molar-refractivity contribution < 1.29 is 9.32 Å². The maximum absolute atomic E-state index is 13.0. The summed E-state index contributed by atoms with van der Waals surface area (Å²) < 4.78 is 7.24. The molecule has 8 nitrogen and oxygen atoms in total. The number of nitrogens with one attached hydrogen (secondary N) is 2. The Morgan fingerprint density at radius 2 is 2.15 bits per heavy atom. The molecule has 3 heterocycles. The molecule has 2 N–H and O–H groups in total. The molecule has 9 heteroatoms. The van der Waals surface area contributed by atoms with Crippen LogP contribution in [0.15, 0.2) is 16.9 Å². The van der Waals surface area contributed by atoms with Crippen LogP contribution < -0.4 is 10.6 Å². The van der Waals surface area contributed by atoms with Crippen molar-refractivity contribution in [3.8, 4) is 0 Å². The van der Waals surface area contributed by atoms with Gasteiger partial charge in [0.1, 0.15) is 6.04 Å². The van der Waals surface area contributed by atoms with Crippen molar-refractivity contribution in [1.29, 1.82) is 0 Å². The van der Waals surface area contributed by atoms with Crippen molar-refractivity contribution in [2.45, 2.75) is 44.6 Å². The molecule has 148 valence electrons. The van der Waals surface area contributed by atoms with E-state index in [4.69, 9.17) is 4.52 Å². The molecule has 2 fully saturated rings. The topological polar surface area (TPSA) is 97.9 Å². The van der Waals surface area contributed by atoms with Gasteiger partial charge in [-0.1, -0.05) is 19.0 Å². The maximum atomic E-state index is 13.0. The van der Waals surface area contributed by atoms with E-state index < -0.39 is 0 Å². The summed E-state index contributed by atoms with van der Waals surface area (Å²) in [7, 11) is 1.89. The van der Waals surface area contributed by atoms with Gasteiger partial charge >= 0.3 is 0 Å². The van der Waals surface area contributed by atoms with Crippen molar-refractivity contribution in [2.75, 3.05) is 13.1 Å². The summed E-state index contributed by atoms with van der Waals surface area (Å²) in [5.41, 5.74) is 1.09. The molecule has 2 aromatic heterocycles. The van der Waals surface area contributed by atoms with Crippen LogP contribution in [0, 0.1) is 11.8 Å². The Kier molecular flexibility index (Phi) is 5.86. The molecule has 2 aliphatic rings. The number of amides is 1. The molecule has 1 saturated carbocycles. The molecule has 3 atom stereocenters. The second-order valence-electron chi connectivity index (χ2n) is 7.81. The molecule has 0 aromatic carbocycles. The highest BCUT2D eigenvalue weighted by atomic mass is 35.5. The number of carbonyl (C=O) groups excluding carboxylic acids is 1. The van der Waals surface area contributed by atoms with Crippen molar-refractivity contribution in [3.05, 3.63) is 29.7 Å². The molecule has 1 aliphatic carbocycles. The third kappa shape index (κ3) is 4.16. The number of aryl methyl sites for hydroxylation is 1. The van der Waals surface area contributed by atoms with Gasteiger partial charge in [-0.2, -0.15) is 10.1 Å². The van der Waals surface area contributed by atoms with Gasteiger partial charge in [-0.05, 0) is 24.3 Å². The summed E-state index contributed by atoms with van der Waals surface area (Å²) in [6.07, 6.45) is 6.08. The zero-order valence-electron chi connectivity index (χ0n) is 15.9. The van der Waals surface area contributed by atoms with Crippen LogP contribution >= 0.6 is 12.4 Å². The first kappa shape index (κ1) is 19.8. The van der Waals surface area contributed by atoms with Crippen molar-refractivity contribution in [2.24, 2.45) is 18.9 Å². The number of nitrogens with zero attached hydrogens (tertiary/aromatic N) is 4. The SMILES string of the molecule is CC(C)C(NC(=O)[C@H]1CNC[C@@H]1c1cnn(C)c1)c1nc(C2CC2)no1.Cl. The molecular weight excluding hydrogens is 368 g/mol. The Morgan fingerprint density at radius 3 is 2.78 bits per heavy atom. The molecule has 0 radical (unpaired) electrons. The monoisotopic (exact) mass is 394 g/mol. The zero-order valence-corrected chi connectivity index (χ0v) is 16.7. The first-order chi connectivity index (χ1) is 12.5. The van der Waals surface area contributed by atoms with Gasteiger partial charge < -0.3 is 15.2 Å². The van der Waals surface area contributed by atoms with Crippen molar-refractivity contribution in [3.63, 3.8) is 0 Å². The molecule has 2 aromatic rings. The third-order valence-electron chi connectivity index (χ3n) is 5.33. The second kappa shape index (κ2) is 7.98. The summed E-state index contributed by atoms with van der Waals surface area (Å²) >= 11 is 0. The first-order valence-electron chi connectivity index (χ1n) is 9.36. The number of hydrogen-bond acceptors (Lipinski definition) is 6. The summed E-state index contributed by atoms with van der Waals surface area (Å²) in [6.45, 7) is 5.55. The normalized spacial score (nSPS) is 23.3. The molecule has 0 bridgehead atoms. The number of hydrogen-bond donors (Lipinski definition) is 2. The smallest absolute Gasteiger partial charge is 0.249 e. The van der Waals surface area contributed by atoms with Gasteiger partial charge in [0.15, 0.2) is 5.82 Å². The predicted molar refractivity (Wildman–Crippen MR) is 102 cm³/mol. The van der Waals surface area contributed by atoms with E-state index in [9.17, 15) is 4.79 Å². The van der Waals surface area contributed by atoms with Crippen LogP contribution in [0.25, 0.3) is 0 Å². The first-order valence-corrected chi connectivity index (χ1v) is 9.36. The second-order valence-corrected chi connectivity index (χ2v) is 7.81. The Bertz CT molecular complexity index is 784. The van der Waals surface area contributed by atoms with Gasteiger partial charge in [0.25, 0.3) is 0 Å². The molecule has 0 spiro atoms. The van der Waals surface area contributed by atoms with Crippen LogP contribution in [0.2, 0.25) is 0 Å². The highest BCUT2D eigenvalue weighted by molar-refractivity contribution is 5.85. The highest BCUT2D eigenvalue weighted by Gasteiger charge is 2.37. The quantitative estimate of drug-likeness (QED) is 0.776. The van der Waals surface area contributed by atoms with E-state index in [0.29, 0.717) is 18.4 Å². The van der Waals surface area contributed by atoms with Crippen LogP contribution in [0.1, 0.15) is 61.8 Å². The van der Waals surface area contributed by atoms with Crippen LogP contribution in [0.5, 0.6) is 0 Å². The van der Waals surface area contributed by atoms with Gasteiger partial charge in [0, 0.05) is 38.2 Å². The lowest BCUT2D eigenvalue weighted by Crippen LogP contribution is -2.38. The minimum Gasteiger partial charge on any atom is -0.344 e. The lowest BCUT2D eigenvalue weighted by Gasteiger charge is -2.23. The molecular formula is C18H27ClN6O2. The minimum absolute atomic E-state index is 0. The number of halogens is 1. The zero-order chi connectivity index (χ0) is 18.3. The fraction of sp³-hybridized carbons (Fsp3) is 0.667. The van der Waals surface area contributed by atoms with E-state index in [2.05, 4.69) is 39.7 Å². The van der Waals surface area contributed by atoms with E-state index >= 15 is 0 Å². The summed E-state index contributed by atoms with van der Waals surface area (Å²) in [5, 5.41) is 14.8. The standard InChI is InChI=1S/C18H26N6O2.ClH/c1-10(2)15(18-22-16(23-26-18)11-4-5-11)21-17(25)14-8-19-7-13(14)12-6-20-24(3)9-12;/h6,9-11,13-15,19H,4-5,7-8H2,1-3H3,(H,21,25);1H/t13-,14+,15?;/m1./s1. The number of carbonyl (C=O) groups is 1. The Balaban J connectivity index is 0.00000210. The average molecular weight is 395 g/mol. The minimum atomic E-state index is -0.266. The molecule has 1 saturated heterocycles. The fourth-order valence-corrected chi connectivity index (χ4v) is 3.59. The summed E-state index contributed by atoms with van der Waals surface area (Å²) in [6, 6.07) is -0.266. The largest absolute Gasteiger partial charge is 0.344 e. The van der Waals surface area contributed by atoms with Crippen LogP contribution in [0.3, 0.4) is 0 Å². The Labute approximate surface area is 164 Å². The van der Waals surface area contributed by atoms with E-state index in [1.165, 1.54) is 0 Å². The molecule has 1 amide bonds.